The largest absolute Gasteiger partial charge is 0.460 e. The molecule has 2 aliphatic heterocycles. The normalized spacial score (nSPS) is 23.3. The van der Waals surface area contributed by atoms with E-state index in [4.69, 9.17) is 9.15 Å². The fourth-order valence-corrected chi connectivity index (χ4v) is 4.84. The molecule has 0 bridgehead atoms. The Bertz CT molecular complexity index is 1130. The van der Waals surface area contributed by atoms with Crippen molar-refractivity contribution in [1.29, 1.82) is 0 Å². The van der Waals surface area contributed by atoms with Crippen LogP contribution in [0.2, 0.25) is 0 Å². The van der Waals surface area contributed by atoms with Crippen LogP contribution in [0.25, 0.3) is 0 Å². The Kier molecular flexibility index (Phi) is 3.31. The number of rotatable bonds is 0. The lowest BCUT2D eigenvalue weighted by molar-refractivity contribution is -0.124. The Hall–Kier alpha value is -2.67. The maximum Gasteiger partial charge on any atom is 0.344 e. The van der Waals surface area contributed by atoms with E-state index in [1.165, 1.54) is 17.2 Å². The zero-order chi connectivity index (χ0) is 18.9. The molecule has 2 aromatic rings. The number of anilines is 1. The molecule has 7 heteroatoms. The van der Waals surface area contributed by atoms with E-state index in [1.54, 1.807) is 19.2 Å². The van der Waals surface area contributed by atoms with Gasteiger partial charge in [0.1, 0.15) is 22.5 Å². The van der Waals surface area contributed by atoms with Gasteiger partial charge in [0, 0.05) is 41.7 Å². The minimum Gasteiger partial charge on any atom is -0.460 e. The summed E-state index contributed by atoms with van der Waals surface area (Å²) in [7, 11) is 1.65. The second-order valence-corrected chi connectivity index (χ2v) is 7.82. The van der Waals surface area contributed by atoms with E-state index in [1.807, 2.05) is 6.07 Å². The van der Waals surface area contributed by atoms with E-state index in [9.17, 15) is 14.4 Å². The summed E-state index contributed by atoms with van der Waals surface area (Å²) < 4.78 is 11.8. The molecule has 136 valence electrons. The number of Topliss-reactive ketones (excluding diaryl/α,β-unsaturated/α-hetero) is 1. The van der Waals surface area contributed by atoms with Crippen LogP contribution in [-0.4, -0.2) is 18.7 Å². The van der Waals surface area contributed by atoms with Crippen LogP contribution in [0.15, 0.2) is 55.5 Å². The third-order valence-electron chi connectivity index (χ3n) is 5.54. The van der Waals surface area contributed by atoms with Gasteiger partial charge in [-0.25, -0.2) is 4.79 Å². The zero-order valence-corrected chi connectivity index (χ0v) is 16.0. The highest BCUT2D eigenvalue weighted by atomic mass is 79.9. The van der Waals surface area contributed by atoms with Gasteiger partial charge in [-0.3, -0.25) is 9.59 Å². The van der Waals surface area contributed by atoms with Crippen LogP contribution in [0.3, 0.4) is 0 Å². The quantitative estimate of drug-likeness (QED) is 0.645. The van der Waals surface area contributed by atoms with Crippen LogP contribution in [0.4, 0.5) is 5.69 Å². The van der Waals surface area contributed by atoms with Crippen molar-refractivity contribution in [2.75, 3.05) is 11.9 Å². The van der Waals surface area contributed by atoms with Gasteiger partial charge in [0.05, 0.1) is 11.8 Å². The van der Waals surface area contributed by atoms with Gasteiger partial charge in [-0.05, 0) is 24.6 Å². The van der Waals surface area contributed by atoms with E-state index < -0.39 is 11.0 Å². The fourth-order valence-electron chi connectivity index (χ4n) is 4.48. The first-order valence-corrected chi connectivity index (χ1v) is 9.40. The molecule has 1 atom stereocenters. The summed E-state index contributed by atoms with van der Waals surface area (Å²) in [6.07, 6.45) is 2.76. The SMILES string of the molecule is CN1C(=O)[C@]2(C3=C(CCCC3=O)Oc3ccoc(=O)c32)c2cc(Br)ccc21. The summed E-state index contributed by atoms with van der Waals surface area (Å²) >= 11 is 3.45. The summed E-state index contributed by atoms with van der Waals surface area (Å²) in [5, 5.41) is 0. The number of ketones is 1. The van der Waals surface area contributed by atoms with Crippen molar-refractivity contribution in [2.24, 2.45) is 0 Å². The zero-order valence-electron chi connectivity index (χ0n) is 14.4. The number of allylic oxidation sites excluding steroid dienone is 1. The number of carbonyl (C=O) groups excluding carboxylic acids is 2. The first kappa shape index (κ1) is 16.5. The maximum atomic E-state index is 13.7. The highest BCUT2D eigenvalue weighted by Crippen LogP contribution is 2.56. The lowest BCUT2D eigenvalue weighted by Gasteiger charge is -2.38. The first-order valence-electron chi connectivity index (χ1n) is 8.61. The number of likely N-dealkylation sites (N-methyl/N-ethyl adjacent to an activating group) is 1. The number of nitrogens with zero attached hydrogens (tertiary/aromatic N) is 1. The molecule has 27 heavy (non-hydrogen) atoms. The summed E-state index contributed by atoms with van der Waals surface area (Å²) in [6, 6.07) is 6.96. The number of halogens is 1. The Morgan fingerprint density at radius 3 is 2.78 bits per heavy atom. The van der Waals surface area contributed by atoms with E-state index in [2.05, 4.69) is 15.9 Å². The van der Waals surface area contributed by atoms with Crippen molar-refractivity contribution < 1.29 is 18.7 Å². The second kappa shape index (κ2) is 5.42. The molecule has 3 heterocycles. The minimum absolute atomic E-state index is 0.0766. The number of amides is 1. The van der Waals surface area contributed by atoms with E-state index in [0.29, 0.717) is 36.3 Å². The topological polar surface area (TPSA) is 76.8 Å². The van der Waals surface area contributed by atoms with Gasteiger partial charge in [-0.2, -0.15) is 0 Å². The molecule has 1 spiro atoms. The van der Waals surface area contributed by atoms with Crippen LogP contribution in [0, 0.1) is 0 Å². The molecule has 0 unspecified atom stereocenters. The summed E-state index contributed by atoms with van der Waals surface area (Å²) in [4.78, 5) is 40.9. The number of hydrogen-bond acceptors (Lipinski definition) is 5. The van der Waals surface area contributed by atoms with E-state index >= 15 is 0 Å². The first-order chi connectivity index (χ1) is 13.0. The molecule has 0 saturated heterocycles. The standard InChI is InChI=1S/C20H14BrNO5/c1-22-12-6-5-10(21)9-11(12)20(19(22)25)16-13(23)3-2-4-14(16)27-15-7-8-26-18(24)17(15)20/h5-9H,2-4H2,1H3/t20-/m0/s1. The molecule has 0 fully saturated rings. The van der Waals surface area contributed by atoms with E-state index in [-0.39, 0.29) is 28.6 Å². The number of ether oxygens (including phenoxy) is 1. The maximum absolute atomic E-state index is 13.7. The third kappa shape index (κ3) is 1.92. The van der Waals surface area contributed by atoms with Crippen molar-refractivity contribution in [2.45, 2.75) is 24.7 Å². The molecule has 1 amide bonds. The van der Waals surface area contributed by atoms with Crippen molar-refractivity contribution in [3.8, 4) is 5.75 Å². The van der Waals surface area contributed by atoms with Crippen LogP contribution in [0.5, 0.6) is 5.75 Å². The molecular formula is C20H14BrNO5. The number of carbonyl (C=O) groups is 2. The van der Waals surface area contributed by atoms with Crippen LogP contribution in [0.1, 0.15) is 30.4 Å². The highest BCUT2D eigenvalue weighted by molar-refractivity contribution is 9.10. The van der Waals surface area contributed by atoms with E-state index in [0.717, 1.165) is 4.47 Å². The molecule has 1 aromatic heterocycles. The predicted octanol–water partition coefficient (Wildman–Crippen LogP) is 3.06. The number of hydrogen-bond donors (Lipinski definition) is 0. The fraction of sp³-hybridized carbons (Fsp3) is 0.250. The Labute approximate surface area is 162 Å². The van der Waals surface area contributed by atoms with Crippen LogP contribution >= 0.6 is 15.9 Å². The van der Waals surface area contributed by atoms with Gasteiger partial charge in [0.25, 0.3) is 0 Å². The Morgan fingerprint density at radius 1 is 1.15 bits per heavy atom. The molecule has 3 aliphatic rings. The lowest BCUT2D eigenvalue weighted by Crippen LogP contribution is -2.49. The summed E-state index contributed by atoms with van der Waals surface area (Å²) in [6.45, 7) is 0. The lowest BCUT2D eigenvalue weighted by atomic mass is 9.65. The molecular weight excluding hydrogens is 414 g/mol. The number of fused-ring (bicyclic) bond motifs is 5. The van der Waals surface area contributed by atoms with Crippen molar-refractivity contribution >= 4 is 33.3 Å². The molecule has 0 radical (unpaired) electrons. The van der Waals surface area contributed by atoms with Gasteiger partial charge >= 0.3 is 5.63 Å². The van der Waals surface area contributed by atoms with Gasteiger partial charge < -0.3 is 14.1 Å². The van der Waals surface area contributed by atoms with Crippen molar-refractivity contribution in [3.63, 3.8) is 0 Å². The van der Waals surface area contributed by atoms with Gasteiger partial charge in [0.15, 0.2) is 5.78 Å². The number of benzene rings is 1. The second-order valence-electron chi connectivity index (χ2n) is 6.90. The van der Waals surface area contributed by atoms with Crippen LogP contribution in [-0.2, 0) is 15.0 Å². The molecule has 0 N–H and O–H groups in total. The molecule has 0 saturated carbocycles. The average molecular weight is 428 g/mol. The molecule has 1 aromatic carbocycles. The minimum atomic E-state index is -1.53. The van der Waals surface area contributed by atoms with Gasteiger partial charge in [-0.1, -0.05) is 15.9 Å². The van der Waals surface area contributed by atoms with Gasteiger partial charge in [-0.15, -0.1) is 0 Å². The average Bonchev–Trinajstić information content (AvgIpc) is 2.84. The Balaban J connectivity index is 1.99. The third-order valence-corrected chi connectivity index (χ3v) is 6.04. The van der Waals surface area contributed by atoms with Crippen molar-refractivity contribution in [1.82, 2.24) is 0 Å². The smallest absolute Gasteiger partial charge is 0.344 e. The molecule has 6 nitrogen and oxygen atoms in total. The monoisotopic (exact) mass is 427 g/mol. The molecule has 1 aliphatic carbocycles. The highest BCUT2D eigenvalue weighted by Gasteiger charge is 2.61. The molecule has 5 rings (SSSR count). The van der Waals surface area contributed by atoms with Gasteiger partial charge in [0.2, 0.25) is 5.91 Å². The summed E-state index contributed by atoms with van der Waals surface area (Å²) in [5.74, 6) is 0.231. The Morgan fingerprint density at radius 2 is 1.96 bits per heavy atom. The van der Waals surface area contributed by atoms with Crippen LogP contribution < -0.4 is 15.3 Å². The summed E-state index contributed by atoms with van der Waals surface area (Å²) in [5.41, 5.74) is -0.608. The predicted molar refractivity (Wildman–Crippen MR) is 99.8 cm³/mol. The van der Waals surface area contributed by atoms with Crippen molar-refractivity contribution in [3.05, 3.63) is 67.9 Å².